The van der Waals surface area contributed by atoms with Gasteiger partial charge in [0.2, 0.25) is 5.96 Å². The lowest BCUT2D eigenvalue weighted by atomic mass is 9.95. The molecule has 0 fully saturated rings. The number of fused-ring (bicyclic) bond motifs is 1. The van der Waals surface area contributed by atoms with Crippen molar-refractivity contribution < 1.29 is 13.6 Å². The number of aryl methyl sites for hydroxylation is 2. The molecule has 0 saturated heterocycles. The average molecular weight is 508 g/mol. The number of halogens is 2. The van der Waals surface area contributed by atoms with Crippen molar-refractivity contribution in [3.8, 4) is 0 Å². The van der Waals surface area contributed by atoms with Crippen molar-refractivity contribution in [2.24, 2.45) is 12.0 Å². The Morgan fingerprint density at radius 1 is 1.25 bits per heavy atom. The summed E-state index contributed by atoms with van der Waals surface area (Å²) in [5.74, 6) is -0.399. The monoisotopic (exact) mass is 507 g/mol. The van der Waals surface area contributed by atoms with Gasteiger partial charge in [-0.25, -0.2) is 9.38 Å². The number of nitrogens with one attached hydrogen (secondary N) is 3. The first-order valence-corrected chi connectivity index (χ1v) is 11.5. The first-order valence-electron chi connectivity index (χ1n) is 11.2. The number of allylic oxidation sites excluding steroid dienone is 1. The van der Waals surface area contributed by atoms with Gasteiger partial charge in [-0.05, 0) is 37.6 Å². The third kappa shape index (κ3) is 4.80. The number of oxazole rings is 1. The summed E-state index contributed by atoms with van der Waals surface area (Å²) in [6.07, 6.45) is 3.53. The fourth-order valence-electron chi connectivity index (χ4n) is 4.01. The summed E-state index contributed by atoms with van der Waals surface area (Å²) in [4.78, 5) is 22.4. The molecule has 1 amide bonds. The molecular formula is C25H23ClFN7O2. The van der Waals surface area contributed by atoms with E-state index in [2.05, 4.69) is 26.0 Å². The van der Waals surface area contributed by atoms with E-state index >= 15 is 0 Å². The number of amides is 1. The van der Waals surface area contributed by atoms with Crippen LogP contribution in [-0.4, -0.2) is 26.6 Å². The number of nitrogens with zero attached hydrogens (tertiary/aromatic N) is 4. The molecule has 4 aromatic rings. The van der Waals surface area contributed by atoms with Crippen LogP contribution in [0.4, 0.5) is 10.4 Å². The average Bonchev–Trinajstić information content (AvgIpc) is 3.41. The summed E-state index contributed by atoms with van der Waals surface area (Å²) in [6.45, 7) is 4.03. The van der Waals surface area contributed by atoms with Gasteiger partial charge in [0.1, 0.15) is 17.4 Å². The zero-order chi connectivity index (χ0) is 25.4. The first kappa shape index (κ1) is 23.6. The molecule has 0 aliphatic carbocycles. The molecule has 5 rings (SSSR count). The molecule has 9 nitrogen and oxygen atoms in total. The molecule has 184 valence electrons. The van der Waals surface area contributed by atoms with Crippen LogP contribution < -0.4 is 16.0 Å². The Balaban J connectivity index is 1.46. The van der Waals surface area contributed by atoms with Crippen LogP contribution in [0.1, 0.15) is 29.7 Å². The summed E-state index contributed by atoms with van der Waals surface area (Å²) in [6, 6.07) is 9.14. The molecule has 0 spiro atoms. The number of carbonyl (C=O) groups excluding carboxylic acids is 1. The van der Waals surface area contributed by atoms with E-state index in [9.17, 15) is 9.18 Å². The van der Waals surface area contributed by atoms with Crippen molar-refractivity contribution in [2.75, 3.05) is 5.32 Å². The van der Waals surface area contributed by atoms with E-state index in [1.807, 2.05) is 38.4 Å². The molecule has 11 heteroatoms. The lowest BCUT2D eigenvalue weighted by Gasteiger charge is -2.27. The lowest BCUT2D eigenvalue weighted by molar-refractivity contribution is -0.118. The number of carbonyl (C=O) groups is 1. The molecule has 0 radical (unpaired) electrons. The highest BCUT2D eigenvalue weighted by Crippen LogP contribution is 2.35. The normalized spacial score (nSPS) is 15.6. The number of rotatable bonds is 5. The molecule has 36 heavy (non-hydrogen) atoms. The second-order valence-corrected chi connectivity index (χ2v) is 8.94. The van der Waals surface area contributed by atoms with Crippen molar-refractivity contribution >= 4 is 40.6 Å². The zero-order valence-electron chi connectivity index (χ0n) is 19.8. The molecule has 1 aliphatic heterocycles. The predicted octanol–water partition coefficient (Wildman–Crippen LogP) is 4.37. The minimum Gasteiger partial charge on any atom is -0.423 e. The molecular weight excluding hydrogens is 485 g/mol. The van der Waals surface area contributed by atoms with Crippen molar-refractivity contribution in [2.45, 2.75) is 26.4 Å². The van der Waals surface area contributed by atoms with E-state index in [0.717, 1.165) is 11.1 Å². The smallest absolute Gasteiger partial charge is 0.302 e. The Hall–Kier alpha value is -4.18. The van der Waals surface area contributed by atoms with Gasteiger partial charge in [-0.3, -0.25) is 14.8 Å². The summed E-state index contributed by atoms with van der Waals surface area (Å²) >= 11 is 6.59. The maximum absolute atomic E-state index is 13.5. The van der Waals surface area contributed by atoms with Gasteiger partial charge >= 0.3 is 6.01 Å². The second-order valence-electron chi connectivity index (χ2n) is 8.53. The quantitative estimate of drug-likeness (QED) is 0.370. The number of anilines is 1. The van der Waals surface area contributed by atoms with Crippen LogP contribution in [0, 0.1) is 12.7 Å². The van der Waals surface area contributed by atoms with Gasteiger partial charge in [0.05, 0.1) is 11.8 Å². The van der Waals surface area contributed by atoms with E-state index in [0.29, 0.717) is 45.5 Å². The molecule has 1 unspecified atom stereocenters. The van der Waals surface area contributed by atoms with Gasteiger partial charge in [0.25, 0.3) is 5.91 Å². The Bertz CT molecular complexity index is 1540. The molecule has 3 heterocycles. The molecule has 1 aliphatic rings. The summed E-state index contributed by atoms with van der Waals surface area (Å²) in [7, 11) is 1.81. The third-order valence-electron chi connectivity index (χ3n) is 5.72. The van der Waals surface area contributed by atoms with Gasteiger partial charge in [0.15, 0.2) is 5.58 Å². The number of hydrogen-bond acceptors (Lipinski definition) is 7. The van der Waals surface area contributed by atoms with Crippen molar-refractivity contribution in [1.29, 1.82) is 0 Å². The zero-order valence-corrected chi connectivity index (χ0v) is 20.5. The maximum atomic E-state index is 13.5. The van der Waals surface area contributed by atoms with Gasteiger partial charge in [-0.1, -0.05) is 23.7 Å². The van der Waals surface area contributed by atoms with Crippen LogP contribution in [0.5, 0.6) is 0 Å². The molecule has 2 aromatic carbocycles. The number of aliphatic imine (C=N–C) groups is 1. The number of benzene rings is 2. The number of aromatic nitrogens is 3. The maximum Gasteiger partial charge on any atom is 0.302 e. The fourth-order valence-corrected chi connectivity index (χ4v) is 4.35. The highest BCUT2D eigenvalue weighted by molar-refractivity contribution is 6.31. The molecule has 3 N–H and O–H groups in total. The van der Waals surface area contributed by atoms with Gasteiger partial charge in [0, 0.05) is 47.7 Å². The van der Waals surface area contributed by atoms with Crippen LogP contribution in [0.2, 0.25) is 5.02 Å². The molecule has 2 aromatic heterocycles. The summed E-state index contributed by atoms with van der Waals surface area (Å²) < 4.78 is 20.8. The van der Waals surface area contributed by atoms with Crippen LogP contribution in [0.25, 0.3) is 11.1 Å². The first-order chi connectivity index (χ1) is 17.3. The highest BCUT2D eigenvalue weighted by atomic mass is 35.5. The van der Waals surface area contributed by atoms with Crippen LogP contribution >= 0.6 is 11.6 Å². The minimum atomic E-state index is -0.697. The van der Waals surface area contributed by atoms with Crippen LogP contribution in [0.15, 0.2) is 69.5 Å². The van der Waals surface area contributed by atoms with E-state index in [1.165, 1.54) is 18.2 Å². The van der Waals surface area contributed by atoms with Crippen LogP contribution in [-0.2, 0) is 18.4 Å². The lowest BCUT2D eigenvalue weighted by Crippen LogP contribution is -2.39. The van der Waals surface area contributed by atoms with E-state index in [4.69, 9.17) is 21.0 Å². The molecule has 0 saturated carbocycles. The SMILES string of the molecule is CC1=C(C(=O)NCc2cnn(C)c2)C(c2ccc(C)cc2Cl)N=C(Nc2nc3ccc(F)cc3o2)N1. The summed E-state index contributed by atoms with van der Waals surface area (Å²) in [5.41, 5.74) is 4.34. The van der Waals surface area contributed by atoms with Crippen molar-refractivity contribution in [1.82, 2.24) is 25.4 Å². The Kier molecular flexibility index (Phi) is 6.19. The topological polar surface area (TPSA) is 109 Å². The van der Waals surface area contributed by atoms with Crippen molar-refractivity contribution in [3.63, 3.8) is 0 Å². The largest absolute Gasteiger partial charge is 0.423 e. The van der Waals surface area contributed by atoms with Gasteiger partial charge in [-0.15, -0.1) is 0 Å². The van der Waals surface area contributed by atoms with Gasteiger partial charge in [-0.2, -0.15) is 10.1 Å². The highest BCUT2D eigenvalue weighted by Gasteiger charge is 2.31. The Labute approximate surface area is 211 Å². The summed E-state index contributed by atoms with van der Waals surface area (Å²) in [5, 5.41) is 13.7. The minimum absolute atomic E-state index is 0.132. The fraction of sp³-hybridized carbons (Fsp3) is 0.200. The predicted molar refractivity (Wildman–Crippen MR) is 135 cm³/mol. The molecule has 0 bridgehead atoms. The second kappa shape index (κ2) is 9.46. The number of hydrogen-bond donors (Lipinski definition) is 3. The Morgan fingerprint density at radius 2 is 2.08 bits per heavy atom. The third-order valence-corrected chi connectivity index (χ3v) is 6.05. The van der Waals surface area contributed by atoms with E-state index in [-0.39, 0.29) is 11.9 Å². The van der Waals surface area contributed by atoms with Crippen molar-refractivity contribution in [3.05, 3.63) is 87.6 Å². The standard InChI is InChI=1S/C25H23ClFN7O2/c1-13-4-6-17(18(26)8-13)22-21(23(35)28-10-15-11-29-34(3)12-15)14(2)30-24(32-22)33-25-31-19-7-5-16(27)9-20(19)36-25/h4-9,11-12,22H,10H2,1-3H3,(H,28,35)(H2,30,31,32,33). The van der Waals surface area contributed by atoms with E-state index in [1.54, 1.807) is 17.8 Å². The van der Waals surface area contributed by atoms with E-state index < -0.39 is 11.9 Å². The Morgan fingerprint density at radius 3 is 2.83 bits per heavy atom. The van der Waals surface area contributed by atoms with Crippen LogP contribution in [0.3, 0.4) is 0 Å². The van der Waals surface area contributed by atoms with Gasteiger partial charge < -0.3 is 15.1 Å². The molecule has 1 atom stereocenters. The number of guanidine groups is 1.